The van der Waals surface area contributed by atoms with Crippen molar-refractivity contribution in [3.63, 3.8) is 0 Å². The summed E-state index contributed by atoms with van der Waals surface area (Å²) in [6, 6.07) is 0. The Balaban J connectivity index is 4.58. The molecule has 0 unspecified atom stereocenters. The van der Waals surface area contributed by atoms with E-state index in [9.17, 15) is 14.4 Å². The van der Waals surface area contributed by atoms with Gasteiger partial charge < -0.3 is 15.2 Å². The summed E-state index contributed by atoms with van der Waals surface area (Å²) in [5.41, 5.74) is -0.741. The number of carbonyl (C=O) groups is 3. The number of nitrogens with one attached hydrogen (secondary N) is 2. The lowest BCUT2D eigenvalue weighted by atomic mass is 10.2. The summed E-state index contributed by atoms with van der Waals surface area (Å²) in [6.07, 6.45) is -0.961. The molecule has 0 rings (SSSR count). The molecule has 110 valence electrons. The molecule has 0 bridgehead atoms. The van der Waals surface area contributed by atoms with Gasteiger partial charge in [-0.3, -0.25) is 10.1 Å². The van der Waals surface area contributed by atoms with E-state index in [1.54, 1.807) is 20.8 Å². The van der Waals surface area contributed by atoms with Crippen LogP contribution in [-0.2, 0) is 14.3 Å². The standard InChI is InChI=1S/C11H20N2O5S/c1-7(14)12-6-5-11(19,8(15)16)13-9(17)18-10(2,3)4/h19H,5-6H2,1-4H3,(H,12,14)(H,13,17)(H,15,16)/t11-/m0/s1. The molecule has 8 heteroatoms. The third kappa shape index (κ3) is 7.55. The van der Waals surface area contributed by atoms with Crippen LogP contribution in [0.4, 0.5) is 4.79 Å². The molecular weight excluding hydrogens is 272 g/mol. The van der Waals surface area contributed by atoms with Crippen LogP contribution in [0.25, 0.3) is 0 Å². The molecule has 0 aromatic carbocycles. The molecule has 7 nitrogen and oxygen atoms in total. The highest BCUT2D eigenvalue weighted by Gasteiger charge is 2.37. The number of thiol groups is 1. The third-order valence-corrected chi connectivity index (χ3v) is 2.45. The van der Waals surface area contributed by atoms with Crippen molar-refractivity contribution >= 4 is 30.6 Å². The van der Waals surface area contributed by atoms with Crippen LogP contribution in [0, 0.1) is 0 Å². The Bertz CT molecular complexity index is 367. The Hall–Kier alpha value is -1.44. The molecular formula is C11H20N2O5S. The topological polar surface area (TPSA) is 105 Å². The van der Waals surface area contributed by atoms with E-state index in [4.69, 9.17) is 9.84 Å². The van der Waals surface area contributed by atoms with E-state index in [0.29, 0.717) is 0 Å². The summed E-state index contributed by atoms with van der Waals surface area (Å²) in [5, 5.41) is 13.7. The molecule has 0 aliphatic heterocycles. The van der Waals surface area contributed by atoms with Crippen LogP contribution in [0.3, 0.4) is 0 Å². The Morgan fingerprint density at radius 1 is 1.26 bits per heavy atom. The van der Waals surface area contributed by atoms with Crippen molar-refractivity contribution in [2.24, 2.45) is 0 Å². The number of carboxylic acid groups (broad SMARTS) is 1. The first kappa shape index (κ1) is 17.6. The molecule has 0 aliphatic rings. The lowest BCUT2D eigenvalue weighted by molar-refractivity contribution is -0.141. The van der Waals surface area contributed by atoms with E-state index in [-0.39, 0.29) is 18.9 Å². The fourth-order valence-corrected chi connectivity index (χ4v) is 1.32. The molecule has 0 aliphatic carbocycles. The van der Waals surface area contributed by atoms with Crippen LogP contribution < -0.4 is 10.6 Å². The maximum Gasteiger partial charge on any atom is 0.409 e. The number of hydrogen-bond donors (Lipinski definition) is 4. The zero-order valence-electron chi connectivity index (χ0n) is 11.4. The summed E-state index contributed by atoms with van der Waals surface area (Å²) < 4.78 is 4.96. The van der Waals surface area contributed by atoms with Crippen LogP contribution in [0.15, 0.2) is 0 Å². The van der Waals surface area contributed by atoms with E-state index in [1.807, 2.05) is 0 Å². The Kier molecular flexibility index (Phi) is 6.14. The molecule has 3 N–H and O–H groups in total. The van der Waals surface area contributed by atoms with E-state index >= 15 is 0 Å². The van der Waals surface area contributed by atoms with Gasteiger partial charge in [0.1, 0.15) is 5.60 Å². The van der Waals surface area contributed by atoms with E-state index in [0.717, 1.165) is 0 Å². The molecule has 0 aromatic heterocycles. The second-order valence-electron chi connectivity index (χ2n) is 5.03. The second kappa shape index (κ2) is 6.65. The first-order chi connectivity index (χ1) is 8.46. The molecule has 0 fully saturated rings. The van der Waals surface area contributed by atoms with E-state index in [2.05, 4.69) is 23.3 Å². The summed E-state index contributed by atoms with van der Waals surface area (Å²) in [6.45, 7) is 6.35. The van der Waals surface area contributed by atoms with Crippen molar-refractivity contribution in [2.45, 2.75) is 44.6 Å². The van der Waals surface area contributed by atoms with Crippen LogP contribution in [0.5, 0.6) is 0 Å². The first-order valence-corrected chi connectivity index (χ1v) is 6.12. The van der Waals surface area contributed by atoms with Gasteiger partial charge in [-0.1, -0.05) is 0 Å². The highest BCUT2D eigenvalue weighted by Crippen LogP contribution is 2.17. The van der Waals surface area contributed by atoms with Gasteiger partial charge in [-0.2, -0.15) is 0 Å². The zero-order chi connectivity index (χ0) is 15.3. The fourth-order valence-electron chi connectivity index (χ4n) is 1.11. The fraction of sp³-hybridized carbons (Fsp3) is 0.727. The highest BCUT2D eigenvalue weighted by molar-refractivity contribution is 7.82. The molecule has 19 heavy (non-hydrogen) atoms. The van der Waals surface area contributed by atoms with Crippen LogP contribution >= 0.6 is 12.6 Å². The van der Waals surface area contributed by atoms with Crippen LogP contribution in [0.2, 0.25) is 0 Å². The summed E-state index contributed by atoms with van der Waals surface area (Å²) in [7, 11) is 0. The average Bonchev–Trinajstić information content (AvgIpc) is 2.12. The minimum atomic E-state index is -1.80. The number of alkyl carbamates (subject to hydrolysis) is 1. The van der Waals surface area contributed by atoms with Crippen molar-refractivity contribution in [3.8, 4) is 0 Å². The lowest BCUT2D eigenvalue weighted by Gasteiger charge is -2.27. The van der Waals surface area contributed by atoms with Gasteiger partial charge in [-0.15, -0.1) is 12.6 Å². The normalized spacial score (nSPS) is 14.2. The number of carboxylic acids is 1. The molecule has 2 amide bonds. The predicted octanol–water partition coefficient (Wildman–Crippen LogP) is 0.748. The number of rotatable bonds is 5. The van der Waals surface area contributed by atoms with Gasteiger partial charge in [-0.05, 0) is 20.8 Å². The maximum atomic E-state index is 11.5. The summed E-state index contributed by atoms with van der Waals surface area (Å²) in [4.78, 5) is 31.6. The smallest absolute Gasteiger partial charge is 0.409 e. The third-order valence-electron chi connectivity index (χ3n) is 1.92. The monoisotopic (exact) mass is 292 g/mol. The van der Waals surface area contributed by atoms with Gasteiger partial charge >= 0.3 is 12.1 Å². The second-order valence-corrected chi connectivity index (χ2v) is 5.79. The lowest BCUT2D eigenvalue weighted by Crippen LogP contribution is -2.53. The molecule has 0 aromatic rings. The van der Waals surface area contributed by atoms with E-state index < -0.39 is 22.5 Å². The van der Waals surface area contributed by atoms with Crippen molar-refractivity contribution in [1.29, 1.82) is 0 Å². The van der Waals surface area contributed by atoms with Gasteiger partial charge in [0.15, 0.2) is 4.87 Å². The number of amides is 2. The molecule has 1 atom stereocenters. The molecule has 0 saturated heterocycles. The van der Waals surface area contributed by atoms with Gasteiger partial charge in [0.25, 0.3) is 0 Å². The Morgan fingerprint density at radius 2 is 1.79 bits per heavy atom. The highest BCUT2D eigenvalue weighted by atomic mass is 32.1. The van der Waals surface area contributed by atoms with Crippen molar-refractivity contribution in [2.75, 3.05) is 6.54 Å². The number of aliphatic carboxylic acids is 1. The van der Waals surface area contributed by atoms with Crippen molar-refractivity contribution in [3.05, 3.63) is 0 Å². The van der Waals surface area contributed by atoms with Crippen LogP contribution in [-0.4, -0.2) is 40.1 Å². The molecule has 0 spiro atoms. The first-order valence-electron chi connectivity index (χ1n) is 5.67. The molecule has 0 heterocycles. The SMILES string of the molecule is CC(=O)NCC[C@@](S)(NC(=O)OC(C)(C)C)C(=O)O. The Morgan fingerprint density at radius 3 is 2.16 bits per heavy atom. The van der Waals surface area contributed by atoms with Crippen molar-refractivity contribution in [1.82, 2.24) is 10.6 Å². The summed E-state index contributed by atoms with van der Waals surface area (Å²) in [5.74, 6) is -1.62. The minimum Gasteiger partial charge on any atom is -0.479 e. The average molecular weight is 292 g/mol. The minimum absolute atomic E-state index is 0.0704. The molecule has 0 saturated carbocycles. The predicted molar refractivity (Wildman–Crippen MR) is 72.0 cm³/mol. The van der Waals surface area contributed by atoms with Crippen LogP contribution in [0.1, 0.15) is 34.1 Å². The molecule has 0 radical (unpaired) electrons. The van der Waals surface area contributed by atoms with Gasteiger partial charge in [0, 0.05) is 19.9 Å². The van der Waals surface area contributed by atoms with Crippen molar-refractivity contribution < 1.29 is 24.2 Å². The maximum absolute atomic E-state index is 11.5. The number of hydrogen-bond acceptors (Lipinski definition) is 5. The quantitative estimate of drug-likeness (QED) is 0.442. The number of ether oxygens (including phenoxy) is 1. The van der Waals surface area contributed by atoms with Gasteiger partial charge in [-0.25, -0.2) is 9.59 Å². The Labute approximate surface area is 117 Å². The largest absolute Gasteiger partial charge is 0.479 e. The number of carbonyl (C=O) groups excluding carboxylic acids is 2. The zero-order valence-corrected chi connectivity index (χ0v) is 12.3. The summed E-state index contributed by atoms with van der Waals surface area (Å²) >= 11 is 3.94. The van der Waals surface area contributed by atoms with Gasteiger partial charge in [0.05, 0.1) is 0 Å². The van der Waals surface area contributed by atoms with E-state index in [1.165, 1.54) is 6.92 Å². The van der Waals surface area contributed by atoms with Gasteiger partial charge in [0.2, 0.25) is 5.91 Å².